The van der Waals surface area contributed by atoms with E-state index in [4.69, 9.17) is 9.63 Å². The fraction of sp³-hybridized carbons (Fsp3) is 0.714. The lowest BCUT2D eigenvalue weighted by molar-refractivity contribution is 0.288. The second kappa shape index (κ2) is 8.62. The van der Waals surface area contributed by atoms with Crippen LogP contribution in [0.15, 0.2) is 11.6 Å². The van der Waals surface area contributed by atoms with Crippen LogP contribution in [0.25, 0.3) is 0 Å². The van der Waals surface area contributed by atoms with E-state index in [0.29, 0.717) is 15.1 Å². The van der Waals surface area contributed by atoms with Crippen molar-refractivity contribution in [1.82, 2.24) is 0 Å². The highest BCUT2D eigenvalue weighted by atomic mass is 32.0. The lowest BCUT2D eigenvalue weighted by atomic mass is 10.2. The van der Waals surface area contributed by atoms with Gasteiger partial charge in [0, 0.05) is 15.1 Å². The van der Waals surface area contributed by atoms with Gasteiger partial charge in [-0.3, -0.25) is 0 Å². The minimum absolute atomic E-state index is 0.275. The van der Waals surface area contributed by atoms with Gasteiger partial charge in [-0.05, 0) is 19.8 Å². The molecule has 0 amide bonds. The van der Waals surface area contributed by atoms with Gasteiger partial charge in [0.25, 0.3) is 0 Å². The van der Waals surface area contributed by atoms with Crippen molar-refractivity contribution < 1.29 is 9.63 Å². The van der Waals surface area contributed by atoms with Crippen molar-refractivity contribution in [3.63, 3.8) is 0 Å². The van der Waals surface area contributed by atoms with Crippen LogP contribution >= 0.6 is 17.4 Å². The summed E-state index contributed by atoms with van der Waals surface area (Å²) in [6.07, 6.45) is 3.89. The molecule has 0 bridgehead atoms. The Kier molecular flexibility index (Phi) is 9.02. The molecule has 0 aliphatic heterocycles. The minimum atomic E-state index is 0.275. The number of aliphatic hydroxyl groups is 1. The van der Waals surface area contributed by atoms with E-state index in [-0.39, 0.29) is 6.61 Å². The van der Waals surface area contributed by atoms with Crippen LogP contribution in [0.4, 0.5) is 0 Å². The lowest BCUT2D eigenvalue weighted by Gasteiger charge is -1.99. The highest BCUT2D eigenvalue weighted by Gasteiger charge is 1.88. The molecule has 4 heteroatoms. The van der Waals surface area contributed by atoms with Crippen LogP contribution in [0, 0.1) is 0 Å². The van der Waals surface area contributed by atoms with Crippen molar-refractivity contribution in [1.29, 1.82) is 0 Å². The third-order valence-corrected chi connectivity index (χ3v) is 2.16. The highest BCUT2D eigenvalue weighted by Crippen LogP contribution is 2.20. The fourth-order valence-electron chi connectivity index (χ4n) is 0.692. The molecule has 0 rings (SSSR count). The van der Waals surface area contributed by atoms with Gasteiger partial charge in [0.2, 0.25) is 0 Å². The average molecular weight is 194 g/mol. The maximum absolute atomic E-state index is 8.53. The van der Waals surface area contributed by atoms with E-state index in [1.54, 1.807) is 0 Å². The zero-order valence-electron chi connectivity index (χ0n) is 6.84. The molecule has 0 aliphatic carbocycles. The smallest absolute Gasteiger partial charge is 0.0693 e. The normalized spacial score (nSPS) is 13.2. The van der Waals surface area contributed by atoms with Crippen LogP contribution in [-0.4, -0.2) is 18.3 Å². The van der Waals surface area contributed by atoms with E-state index in [1.165, 1.54) is 5.57 Å². The second-order valence-corrected chi connectivity index (χ2v) is 3.54. The van der Waals surface area contributed by atoms with Gasteiger partial charge >= 0.3 is 0 Å². The predicted octanol–water partition coefficient (Wildman–Crippen LogP) is 2.11. The molecule has 2 unspecified atom stereocenters. The first-order valence-corrected chi connectivity index (χ1v) is 6.37. The molecule has 11 heavy (non-hydrogen) atoms. The summed E-state index contributed by atoms with van der Waals surface area (Å²) in [7, 11) is 3.02. The second-order valence-electron chi connectivity index (χ2n) is 2.31. The summed E-state index contributed by atoms with van der Waals surface area (Å²) in [6.45, 7) is 3.03. The highest BCUT2D eigenvalue weighted by molar-refractivity contribution is 8.00. The van der Waals surface area contributed by atoms with E-state index in [2.05, 4.69) is 21.9 Å². The van der Waals surface area contributed by atoms with Crippen molar-refractivity contribution in [2.45, 2.75) is 19.8 Å². The Morgan fingerprint density at radius 1 is 1.73 bits per heavy atom. The summed E-state index contributed by atoms with van der Waals surface area (Å²) in [5, 5.41) is 8.53. The minimum Gasteiger partial charge on any atom is -0.396 e. The Balaban J connectivity index is 3.30. The molecule has 0 spiro atoms. The Hall–Kier alpha value is 0.520. The van der Waals surface area contributed by atoms with Crippen LogP contribution in [0.1, 0.15) is 19.8 Å². The maximum Gasteiger partial charge on any atom is 0.0693 e. The van der Waals surface area contributed by atoms with Crippen LogP contribution in [-0.2, 0) is 4.52 Å². The fourth-order valence-corrected chi connectivity index (χ4v) is 1.16. The molecule has 2 nitrogen and oxygen atoms in total. The van der Waals surface area contributed by atoms with Crippen LogP contribution < -0.4 is 0 Å². The summed E-state index contributed by atoms with van der Waals surface area (Å²) >= 11 is 0. The van der Waals surface area contributed by atoms with Gasteiger partial charge in [-0.25, -0.2) is 0 Å². The number of hydrogen-bond donors (Lipinski definition) is 1. The van der Waals surface area contributed by atoms with Gasteiger partial charge in [-0.1, -0.05) is 20.6 Å². The lowest BCUT2D eigenvalue weighted by Crippen LogP contribution is -1.86. The molecule has 0 aliphatic rings. The Bertz CT molecular complexity index is 115. The van der Waals surface area contributed by atoms with Crippen molar-refractivity contribution >= 4 is 17.4 Å². The van der Waals surface area contributed by atoms with Crippen LogP contribution in [0.2, 0.25) is 0 Å². The number of rotatable bonds is 6. The van der Waals surface area contributed by atoms with Gasteiger partial charge in [0.15, 0.2) is 0 Å². The summed E-state index contributed by atoms with van der Waals surface area (Å²) < 4.78 is 5.14. The van der Waals surface area contributed by atoms with Gasteiger partial charge in [-0.15, -0.1) is 0 Å². The number of aliphatic hydroxyl groups excluding tert-OH is 1. The molecule has 0 saturated carbocycles. The SMILES string of the molecule is C/C(=C\COPP)CCCO. The summed E-state index contributed by atoms with van der Waals surface area (Å²) in [5.74, 6) is 0. The average Bonchev–Trinajstić information content (AvgIpc) is 2.01. The molecule has 0 aromatic carbocycles. The Morgan fingerprint density at radius 3 is 3.00 bits per heavy atom. The first kappa shape index (κ1) is 11.5. The number of hydrogen-bond acceptors (Lipinski definition) is 2. The quantitative estimate of drug-likeness (QED) is 0.398. The Morgan fingerprint density at radius 2 is 2.45 bits per heavy atom. The first-order chi connectivity index (χ1) is 5.31. The van der Waals surface area contributed by atoms with E-state index in [1.807, 2.05) is 0 Å². The monoisotopic (exact) mass is 194 g/mol. The Labute approximate surface area is 72.4 Å². The van der Waals surface area contributed by atoms with Crippen LogP contribution in [0.3, 0.4) is 0 Å². The molecule has 0 heterocycles. The molecule has 0 radical (unpaired) electrons. The molecule has 0 fully saturated rings. The predicted molar refractivity (Wildman–Crippen MR) is 54.1 cm³/mol. The zero-order valence-corrected chi connectivity index (χ0v) is 8.99. The van der Waals surface area contributed by atoms with E-state index < -0.39 is 0 Å². The summed E-state index contributed by atoms with van der Waals surface area (Å²) in [6, 6.07) is 0. The standard InChI is InChI=1S/C7H16O2P2/c1-7(3-2-5-8)4-6-9-11-10/h4,8,11H,2-3,5-6,10H2,1H3/b7-4+. The molecule has 0 saturated heterocycles. The van der Waals surface area contributed by atoms with Gasteiger partial charge < -0.3 is 9.63 Å². The largest absolute Gasteiger partial charge is 0.396 e. The molecular weight excluding hydrogens is 178 g/mol. The zero-order chi connectivity index (χ0) is 8.53. The summed E-state index contributed by atoms with van der Waals surface area (Å²) in [4.78, 5) is 0. The van der Waals surface area contributed by atoms with Crippen LogP contribution in [0.5, 0.6) is 0 Å². The molecule has 0 aromatic rings. The van der Waals surface area contributed by atoms with Crippen molar-refractivity contribution in [3.05, 3.63) is 11.6 Å². The molecule has 1 N–H and O–H groups in total. The van der Waals surface area contributed by atoms with Gasteiger partial charge in [0.05, 0.1) is 6.61 Å². The van der Waals surface area contributed by atoms with Gasteiger partial charge in [0.1, 0.15) is 0 Å². The molecule has 2 atom stereocenters. The van der Waals surface area contributed by atoms with Gasteiger partial charge in [-0.2, -0.15) is 0 Å². The third kappa shape index (κ3) is 8.43. The summed E-state index contributed by atoms with van der Waals surface area (Å²) in [5.41, 5.74) is 1.29. The van der Waals surface area contributed by atoms with Crippen molar-refractivity contribution in [2.75, 3.05) is 13.2 Å². The third-order valence-electron chi connectivity index (χ3n) is 1.33. The topological polar surface area (TPSA) is 29.5 Å². The maximum atomic E-state index is 8.53. The first-order valence-electron chi connectivity index (χ1n) is 3.65. The van der Waals surface area contributed by atoms with E-state index >= 15 is 0 Å². The number of allylic oxidation sites excluding steroid dienone is 1. The van der Waals surface area contributed by atoms with Crippen molar-refractivity contribution in [3.8, 4) is 0 Å². The molecule has 0 aromatic heterocycles. The van der Waals surface area contributed by atoms with E-state index in [0.717, 1.165) is 12.8 Å². The molecular formula is C7H16O2P2. The van der Waals surface area contributed by atoms with E-state index in [9.17, 15) is 0 Å². The van der Waals surface area contributed by atoms with Crippen molar-refractivity contribution in [2.24, 2.45) is 0 Å². The molecule has 66 valence electrons.